The topological polar surface area (TPSA) is 112 Å². The summed E-state index contributed by atoms with van der Waals surface area (Å²) in [5.74, 6) is 0. The first kappa shape index (κ1) is 17.5. The molecule has 0 aromatic rings. The molecule has 0 bridgehead atoms. The second-order valence-electron chi connectivity index (χ2n) is 4.17. The van der Waals surface area contributed by atoms with Crippen LogP contribution in [0.5, 0.6) is 0 Å². The molecule has 0 aromatic carbocycles. The quantitative estimate of drug-likeness (QED) is 0.653. The molecule has 1 aliphatic rings. The molecule has 0 amide bonds. The summed E-state index contributed by atoms with van der Waals surface area (Å²) in [5, 5.41) is 0. The molecular formula is C9H15N3O6S3. The molecule has 0 saturated carbocycles. The summed E-state index contributed by atoms with van der Waals surface area (Å²) in [5.41, 5.74) is 0. The Bertz CT molecular complexity index is 664. The molecule has 120 valence electrons. The Labute approximate surface area is 124 Å². The van der Waals surface area contributed by atoms with Crippen LogP contribution in [0, 0.1) is 0 Å². The Morgan fingerprint density at radius 2 is 0.619 bits per heavy atom. The Balaban J connectivity index is 3.44. The minimum atomic E-state index is -3.73. The molecule has 1 heterocycles. The molecular weight excluding hydrogens is 342 g/mol. The van der Waals surface area contributed by atoms with Gasteiger partial charge in [-0.3, -0.25) is 12.9 Å². The van der Waals surface area contributed by atoms with Crippen molar-refractivity contribution in [3.05, 3.63) is 37.2 Å². The lowest BCUT2D eigenvalue weighted by molar-refractivity contribution is 0.547. The first-order valence-corrected chi connectivity index (χ1v) is 10.9. The largest absolute Gasteiger partial charge is 0.250 e. The van der Waals surface area contributed by atoms with Gasteiger partial charge in [-0.15, -0.1) is 0 Å². The van der Waals surface area contributed by atoms with Crippen molar-refractivity contribution in [3.8, 4) is 0 Å². The maximum atomic E-state index is 11.5. The average molecular weight is 357 g/mol. The lowest BCUT2D eigenvalue weighted by atomic mass is 10.8. The van der Waals surface area contributed by atoms with Crippen molar-refractivity contribution in [2.24, 2.45) is 0 Å². The normalized spacial score (nSPS) is 22.1. The van der Waals surface area contributed by atoms with Crippen LogP contribution in [-0.4, -0.2) is 56.9 Å². The van der Waals surface area contributed by atoms with Crippen LogP contribution in [0.4, 0.5) is 0 Å². The van der Waals surface area contributed by atoms with E-state index in [9.17, 15) is 25.3 Å². The number of sulfonamides is 3. The van der Waals surface area contributed by atoms with Gasteiger partial charge in [-0.2, -0.15) is 0 Å². The zero-order valence-corrected chi connectivity index (χ0v) is 13.9. The van der Waals surface area contributed by atoms with Crippen molar-refractivity contribution in [1.82, 2.24) is 12.9 Å². The van der Waals surface area contributed by atoms with Crippen molar-refractivity contribution in [3.63, 3.8) is 0 Å². The molecule has 0 N–H and O–H groups in total. The highest BCUT2D eigenvalue weighted by atomic mass is 32.2. The lowest BCUT2D eigenvalue weighted by Gasteiger charge is -2.15. The van der Waals surface area contributed by atoms with E-state index in [0.717, 1.165) is 56.0 Å². The van der Waals surface area contributed by atoms with Gasteiger partial charge in [0.1, 0.15) is 0 Å². The molecule has 0 spiro atoms. The second-order valence-corrected chi connectivity index (χ2v) is 9.84. The summed E-state index contributed by atoms with van der Waals surface area (Å²) in [4.78, 5) is 0. The monoisotopic (exact) mass is 357 g/mol. The third kappa shape index (κ3) is 5.06. The molecule has 1 aliphatic heterocycles. The van der Waals surface area contributed by atoms with Crippen LogP contribution >= 0.6 is 0 Å². The summed E-state index contributed by atoms with van der Waals surface area (Å²) in [7, 11) is -11.2. The fourth-order valence-corrected chi connectivity index (χ4v) is 2.86. The fourth-order valence-electron chi connectivity index (χ4n) is 1.21. The molecule has 0 aliphatic carbocycles. The second kappa shape index (κ2) is 5.69. The van der Waals surface area contributed by atoms with Crippen molar-refractivity contribution < 1.29 is 25.3 Å². The number of hydrogen-bond acceptors (Lipinski definition) is 6. The van der Waals surface area contributed by atoms with Crippen LogP contribution in [0.1, 0.15) is 0 Å². The first-order chi connectivity index (χ1) is 9.32. The Hall–Kier alpha value is -1.53. The van der Waals surface area contributed by atoms with Crippen LogP contribution in [0.3, 0.4) is 0 Å². The maximum Gasteiger partial charge on any atom is 0.235 e. The van der Waals surface area contributed by atoms with E-state index >= 15 is 0 Å². The SMILES string of the molecule is CS(=O)(=O)N1/C=C\N(S(C)(=O)=O)/C=C\N(S(C)(=O)=O)/C=C\1. The van der Waals surface area contributed by atoms with Crippen molar-refractivity contribution in [2.45, 2.75) is 0 Å². The smallest absolute Gasteiger partial charge is 0.235 e. The zero-order chi connectivity index (χ0) is 16.5. The van der Waals surface area contributed by atoms with E-state index in [-0.39, 0.29) is 0 Å². The fraction of sp³-hybridized carbons (Fsp3) is 0.333. The summed E-state index contributed by atoms with van der Waals surface area (Å²) in [6.07, 6.45) is 8.61. The molecule has 0 aromatic heterocycles. The standard InChI is InChI=1S/C9H15N3O6S3/c1-19(13,14)10-4-6-11(20(2,15)16)8-9-12(7-5-10)21(3,17)18/h4-9H,1-3H3/b6-4-,7-5-,9-8-. The predicted octanol–water partition coefficient (Wildman–Crippen LogP) is -0.802. The zero-order valence-electron chi connectivity index (χ0n) is 11.5. The Kier molecular flexibility index (Phi) is 4.75. The summed E-state index contributed by atoms with van der Waals surface area (Å²) >= 11 is 0. The van der Waals surface area contributed by atoms with Crippen LogP contribution in [0.2, 0.25) is 0 Å². The molecule has 1 rings (SSSR count). The van der Waals surface area contributed by atoms with Gasteiger partial charge in [-0.25, -0.2) is 25.3 Å². The molecule has 0 fully saturated rings. The van der Waals surface area contributed by atoms with Gasteiger partial charge >= 0.3 is 0 Å². The van der Waals surface area contributed by atoms with Crippen LogP contribution in [0.25, 0.3) is 0 Å². The van der Waals surface area contributed by atoms with E-state index in [1.165, 1.54) is 0 Å². The highest BCUT2D eigenvalue weighted by molar-refractivity contribution is 7.89. The van der Waals surface area contributed by atoms with E-state index in [0.29, 0.717) is 12.9 Å². The van der Waals surface area contributed by atoms with Crippen LogP contribution < -0.4 is 0 Å². The first-order valence-electron chi connectivity index (χ1n) is 5.32. The molecule has 0 atom stereocenters. The lowest BCUT2D eigenvalue weighted by Crippen LogP contribution is -2.22. The molecule has 21 heavy (non-hydrogen) atoms. The minimum absolute atomic E-state index is 0.691. The van der Waals surface area contributed by atoms with E-state index in [1.807, 2.05) is 0 Å². The van der Waals surface area contributed by atoms with Gasteiger partial charge in [0.25, 0.3) is 0 Å². The van der Waals surface area contributed by atoms with E-state index in [1.54, 1.807) is 0 Å². The third-order valence-electron chi connectivity index (χ3n) is 2.23. The van der Waals surface area contributed by atoms with Crippen molar-refractivity contribution >= 4 is 30.1 Å². The molecule has 12 heteroatoms. The summed E-state index contributed by atoms with van der Waals surface area (Å²) < 4.78 is 71.3. The number of nitrogens with zero attached hydrogens (tertiary/aromatic N) is 3. The average Bonchev–Trinajstić information content (AvgIpc) is 2.34. The summed E-state index contributed by atoms with van der Waals surface area (Å²) in [6.45, 7) is 0. The van der Waals surface area contributed by atoms with Crippen LogP contribution in [-0.2, 0) is 30.1 Å². The van der Waals surface area contributed by atoms with Gasteiger partial charge in [0.2, 0.25) is 30.1 Å². The Morgan fingerprint density at radius 1 is 0.476 bits per heavy atom. The third-order valence-corrected chi connectivity index (χ3v) is 5.26. The Morgan fingerprint density at radius 3 is 0.714 bits per heavy atom. The van der Waals surface area contributed by atoms with Gasteiger partial charge in [0, 0.05) is 37.2 Å². The minimum Gasteiger partial charge on any atom is -0.250 e. The number of hydrogen-bond donors (Lipinski definition) is 0. The van der Waals surface area contributed by atoms with E-state index in [2.05, 4.69) is 0 Å². The van der Waals surface area contributed by atoms with Gasteiger partial charge in [-0.1, -0.05) is 0 Å². The van der Waals surface area contributed by atoms with Gasteiger partial charge in [0.05, 0.1) is 18.8 Å². The highest BCUT2D eigenvalue weighted by Gasteiger charge is 2.17. The van der Waals surface area contributed by atoms with Gasteiger partial charge in [-0.05, 0) is 0 Å². The molecule has 0 radical (unpaired) electrons. The van der Waals surface area contributed by atoms with Gasteiger partial charge < -0.3 is 0 Å². The van der Waals surface area contributed by atoms with Crippen molar-refractivity contribution in [2.75, 3.05) is 18.8 Å². The highest BCUT2D eigenvalue weighted by Crippen LogP contribution is 2.11. The molecule has 9 nitrogen and oxygen atoms in total. The maximum absolute atomic E-state index is 11.5. The van der Waals surface area contributed by atoms with E-state index in [4.69, 9.17) is 0 Å². The molecule has 0 saturated heterocycles. The summed E-state index contributed by atoms with van der Waals surface area (Å²) in [6, 6.07) is 0. The van der Waals surface area contributed by atoms with Gasteiger partial charge in [0.15, 0.2) is 0 Å². The molecule has 0 unspecified atom stereocenters. The van der Waals surface area contributed by atoms with E-state index < -0.39 is 30.1 Å². The predicted molar refractivity (Wildman–Crippen MR) is 77.5 cm³/mol. The van der Waals surface area contributed by atoms with Crippen LogP contribution in [0.15, 0.2) is 37.2 Å². The number of rotatable bonds is 3. The van der Waals surface area contributed by atoms with Crippen molar-refractivity contribution in [1.29, 1.82) is 0 Å².